The zero-order chi connectivity index (χ0) is 12.0. The summed E-state index contributed by atoms with van der Waals surface area (Å²) in [5.41, 5.74) is 0.505. The fourth-order valence-electron chi connectivity index (χ4n) is 2.65. The topological polar surface area (TPSA) is 77.2 Å². The summed E-state index contributed by atoms with van der Waals surface area (Å²) < 4.78 is 0. The van der Waals surface area contributed by atoms with Crippen LogP contribution in [-0.2, 0) is 4.79 Å². The van der Waals surface area contributed by atoms with Crippen molar-refractivity contribution >= 4 is 11.8 Å². The summed E-state index contributed by atoms with van der Waals surface area (Å²) in [5, 5.41) is 17.9. The van der Waals surface area contributed by atoms with Gasteiger partial charge in [0.25, 0.3) is 0 Å². The molecule has 1 N–H and O–H groups in total. The van der Waals surface area contributed by atoms with Gasteiger partial charge in [-0.15, -0.1) is 0 Å². The Morgan fingerprint density at radius 1 is 1.65 bits per heavy atom. The normalized spacial score (nSPS) is 23.9. The van der Waals surface area contributed by atoms with Crippen LogP contribution in [0.2, 0.25) is 0 Å². The average molecular weight is 229 g/mol. The molecule has 3 rings (SSSR count). The van der Waals surface area contributed by atoms with Crippen LogP contribution in [0.15, 0.2) is 18.3 Å². The molecule has 5 heteroatoms. The summed E-state index contributed by atoms with van der Waals surface area (Å²) in [6.07, 6.45) is 2.41. The SMILES string of the molecule is N#Cc1cccnc1N1CC2(CC2C(=O)O)C1. The molecule has 1 saturated carbocycles. The summed E-state index contributed by atoms with van der Waals surface area (Å²) in [4.78, 5) is 17.0. The Bertz CT molecular complexity index is 529. The maximum Gasteiger partial charge on any atom is 0.307 e. The molecule has 1 aromatic heterocycles. The van der Waals surface area contributed by atoms with Crippen molar-refractivity contribution in [3.8, 4) is 6.07 Å². The van der Waals surface area contributed by atoms with Crippen molar-refractivity contribution in [2.45, 2.75) is 6.42 Å². The number of carboxylic acid groups (broad SMARTS) is 1. The molecule has 1 saturated heterocycles. The highest BCUT2D eigenvalue weighted by Crippen LogP contribution is 2.59. The lowest BCUT2D eigenvalue weighted by Gasteiger charge is -2.41. The number of hydrogen-bond acceptors (Lipinski definition) is 4. The standard InChI is InChI=1S/C12H11N3O2/c13-5-8-2-1-3-14-10(8)15-6-12(7-15)4-9(12)11(16)17/h1-3,9H,4,6-7H2,(H,16,17). The first-order chi connectivity index (χ1) is 8.16. The maximum atomic E-state index is 10.8. The third kappa shape index (κ3) is 1.37. The molecule has 1 aliphatic heterocycles. The number of hydrogen-bond donors (Lipinski definition) is 1. The lowest BCUT2D eigenvalue weighted by Crippen LogP contribution is -2.51. The number of aliphatic carboxylic acids is 1. The molecule has 1 aliphatic carbocycles. The molecule has 0 radical (unpaired) electrons. The van der Waals surface area contributed by atoms with E-state index in [0.29, 0.717) is 24.5 Å². The van der Waals surface area contributed by atoms with Crippen molar-refractivity contribution in [1.82, 2.24) is 4.98 Å². The van der Waals surface area contributed by atoms with Gasteiger partial charge in [0.1, 0.15) is 11.9 Å². The summed E-state index contributed by atoms with van der Waals surface area (Å²) in [6.45, 7) is 1.41. The molecule has 1 unspecified atom stereocenters. The van der Waals surface area contributed by atoms with E-state index in [1.807, 2.05) is 4.90 Å². The van der Waals surface area contributed by atoms with Gasteiger partial charge in [-0.05, 0) is 18.6 Å². The lowest BCUT2D eigenvalue weighted by atomic mass is 9.93. The smallest absolute Gasteiger partial charge is 0.307 e. The molecular weight excluding hydrogens is 218 g/mol. The third-order valence-electron chi connectivity index (χ3n) is 3.71. The number of aromatic nitrogens is 1. The van der Waals surface area contributed by atoms with Crippen molar-refractivity contribution in [3.05, 3.63) is 23.9 Å². The zero-order valence-corrected chi connectivity index (χ0v) is 9.13. The van der Waals surface area contributed by atoms with Crippen LogP contribution < -0.4 is 4.90 Å². The third-order valence-corrected chi connectivity index (χ3v) is 3.71. The van der Waals surface area contributed by atoms with Gasteiger partial charge in [-0.3, -0.25) is 4.79 Å². The number of nitriles is 1. The van der Waals surface area contributed by atoms with Crippen molar-refractivity contribution < 1.29 is 9.90 Å². The number of anilines is 1. The summed E-state index contributed by atoms with van der Waals surface area (Å²) >= 11 is 0. The van der Waals surface area contributed by atoms with Crippen LogP contribution in [0.5, 0.6) is 0 Å². The molecule has 5 nitrogen and oxygen atoms in total. The van der Waals surface area contributed by atoms with Gasteiger partial charge < -0.3 is 10.0 Å². The van der Waals surface area contributed by atoms with Gasteiger partial charge in [0, 0.05) is 24.7 Å². The van der Waals surface area contributed by atoms with E-state index in [1.165, 1.54) is 0 Å². The van der Waals surface area contributed by atoms with Gasteiger partial charge in [0.2, 0.25) is 0 Å². The van der Waals surface area contributed by atoms with Gasteiger partial charge in [0.05, 0.1) is 11.5 Å². The summed E-state index contributed by atoms with van der Waals surface area (Å²) in [7, 11) is 0. The highest BCUT2D eigenvalue weighted by Gasteiger charge is 2.65. The van der Waals surface area contributed by atoms with Crippen LogP contribution >= 0.6 is 0 Å². The van der Waals surface area contributed by atoms with Crippen molar-refractivity contribution in [2.24, 2.45) is 11.3 Å². The first kappa shape index (κ1) is 10.1. The monoisotopic (exact) mass is 229 g/mol. The molecule has 17 heavy (non-hydrogen) atoms. The molecule has 0 bridgehead atoms. The second-order valence-electron chi connectivity index (χ2n) is 4.80. The molecule has 2 aliphatic rings. The molecule has 0 amide bonds. The molecule has 0 aromatic carbocycles. The Morgan fingerprint density at radius 3 is 3.00 bits per heavy atom. The van der Waals surface area contributed by atoms with E-state index in [1.54, 1.807) is 18.3 Å². The second kappa shape index (κ2) is 3.20. The molecular formula is C12H11N3O2. The summed E-state index contributed by atoms with van der Waals surface area (Å²) in [5.74, 6) is -0.226. The van der Waals surface area contributed by atoms with Crippen LogP contribution in [0, 0.1) is 22.7 Å². The van der Waals surface area contributed by atoms with Gasteiger partial charge in [-0.25, -0.2) is 4.98 Å². The van der Waals surface area contributed by atoms with E-state index >= 15 is 0 Å². The van der Waals surface area contributed by atoms with E-state index in [4.69, 9.17) is 10.4 Å². The first-order valence-corrected chi connectivity index (χ1v) is 5.49. The van der Waals surface area contributed by atoms with Crippen LogP contribution in [0.3, 0.4) is 0 Å². The van der Waals surface area contributed by atoms with Gasteiger partial charge in [0.15, 0.2) is 0 Å². The van der Waals surface area contributed by atoms with E-state index in [0.717, 1.165) is 6.42 Å². The van der Waals surface area contributed by atoms with E-state index in [-0.39, 0.29) is 11.3 Å². The molecule has 2 fully saturated rings. The van der Waals surface area contributed by atoms with Crippen LogP contribution in [0.1, 0.15) is 12.0 Å². The number of nitrogens with zero attached hydrogens (tertiary/aromatic N) is 3. The molecule has 1 aromatic rings. The predicted octanol–water partition coefficient (Wildman–Crippen LogP) is 0.864. The quantitative estimate of drug-likeness (QED) is 0.814. The Hall–Kier alpha value is -2.09. The molecule has 2 heterocycles. The lowest BCUT2D eigenvalue weighted by molar-refractivity contribution is -0.139. The number of rotatable bonds is 2. The minimum Gasteiger partial charge on any atom is -0.481 e. The second-order valence-corrected chi connectivity index (χ2v) is 4.80. The molecule has 1 atom stereocenters. The van der Waals surface area contributed by atoms with Crippen LogP contribution in [-0.4, -0.2) is 29.1 Å². The summed E-state index contributed by atoms with van der Waals surface area (Å²) in [6, 6.07) is 5.57. The first-order valence-electron chi connectivity index (χ1n) is 5.49. The largest absolute Gasteiger partial charge is 0.481 e. The van der Waals surface area contributed by atoms with Crippen LogP contribution in [0.4, 0.5) is 5.82 Å². The van der Waals surface area contributed by atoms with E-state index in [2.05, 4.69) is 11.1 Å². The minimum absolute atomic E-state index is 0.0456. The Morgan fingerprint density at radius 2 is 2.41 bits per heavy atom. The van der Waals surface area contributed by atoms with Crippen molar-refractivity contribution in [1.29, 1.82) is 5.26 Å². The predicted molar refractivity (Wildman–Crippen MR) is 59.3 cm³/mol. The highest BCUT2D eigenvalue weighted by atomic mass is 16.4. The van der Waals surface area contributed by atoms with Crippen molar-refractivity contribution in [2.75, 3.05) is 18.0 Å². The maximum absolute atomic E-state index is 10.8. The average Bonchev–Trinajstić information content (AvgIpc) is 3.02. The zero-order valence-electron chi connectivity index (χ0n) is 9.13. The molecule has 86 valence electrons. The van der Waals surface area contributed by atoms with Gasteiger partial charge in [-0.1, -0.05) is 0 Å². The number of carboxylic acids is 1. The van der Waals surface area contributed by atoms with E-state index < -0.39 is 5.97 Å². The Kier molecular flexibility index (Phi) is 1.90. The Labute approximate surface area is 98.3 Å². The Balaban J connectivity index is 1.75. The van der Waals surface area contributed by atoms with Gasteiger partial charge >= 0.3 is 5.97 Å². The van der Waals surface area contributed by atoms with Crippen molar-refractivity contribution in [3.63, 3.8) is 0 Å². The highest BCUT2D eigenvalue weighted by molar-refractivity contribution is 5.76. The fourth-order valence-corrected chi connectivity index (χ4v) is 2.65. The van der Waals surface area contributed by atoms with E-state index in [9.17, 15) is 4.79 Å². The number of pyridine rings is 1. The van der Waals surface area contributed by atoms with Gasteiger partial charge in [-0.2, -0.15) is 5.26 Å². The minimum atomic E-state index is -0.703. The fraction of sp³-hybridized carbons (Fsp3) is 0.417. The van der Waals surface area contributed by atoms with Crippen LogP contribution in [0.25, 0.3) is 0 Å². The molecule has 1 spiro atoms. The number of carbonyl (C=O) groups is 1.